The molecule has 20 heteroatoms. The van der Waals surface area contributed by atoms with E-state index < -0.39 is 82.6 Å². The van der Waals surface area contributed by atoms with E-state index in [1.807, 2.05) is 81.7 Å². The van der Waals surface area contributed by atoms with Crippen LogP contribution in [0.3, 0.4) is 0 Å². The number of anilines is 1. The number of likely N-dealkylation sites (tertiary alicyclic amines) is 1. The number of para-hydroxylation sites is 1. The summed E-state index contributed by atoms with van der Waals surface area (Å²) >= 11 is 8.49. The fraction of sp³-hybridized carbons (Fsp3) is 0.509. The summed E-state index contributed by atoms with van der Waals surface area (Å²) < 4.78 is 11.7. The highest BCUT2D eigenvalue weighted by Crippen LogP contribution is 2.47. The zero-order valence-corrected chi connectivity index (χ0v) is 46.4. The number of carbonyl (C=O) groups is 7. The Morgan fingerprint density at radius 3 is 2.31 bits per heavy atom. The maximum atomic E-state index is 14.4. The van der Waals surface area contributed by atoms with Crippen LogP contribution in [-0.2, 0) is 58.3 Å². The minimum atomic E-state index is -0.999. The van der Waals surface area contributed by atoms with E-state index in [4.69, 9.17) is 26.8 Å². The highest BCUT2D eigenvalue weighted by atomic mass is 35.5. The summed E-state index contributed by atoms with van der Waals surface area (Å²) in [6, 6.07) is 14.5. The largest absolute Gasteiger partial charge is 0.490 e. The smallest absolute Gasteiger partial charge is 0.408 e. The average molecular weight is 1100 g/mol. The number of aliphatic hydroxyl groups is 1. The molecular weight excluding hydrogens is 1020 g/mol. The van der Waals surface area contributed by atoms with Crippen LogP contribution in [0, 0.1) is 12.3 Å². The molecule has 3 aromatic carbocycles. The van der Waals surface area contributed by atoms with Crippen molar-refractivity contribution < 1.29 is 48.1 Å². The number of rotatable bonds is 19. The Morgan fingerprint density at radius 2 is 1.65 bits per heavy atom. The van der Waals surface area contributed by atoms with E-state index in [1.54, 1.807) is 44.2 Å². The van der Waals surface area contributed by atoms with E-state index >= 15 is 0 Å². The Labute approximate surface area is 458 Å². The second kappa shape index (κ2) is 23.2. The lowest BCUT2D eigenvalue weighted by atomic mass is 9.85. The van der Waals surface area contributed by atoms with Gasteiger partial charge in [0, 0.05) is 32.2 Å². The first-order valence-corrected chi connectivity index (χ1v) is 27.7. The predicted octanol–water partition coefficient (Wildman–Crippen LogP) is 6.32. The monoisotopic (exact) mass is 1090 g/mol. The molecule has 1 aliphatic carbocycles. The molecule has 6 atom stereocenters. The molecule has 4 aliphatic rings. The van der Waals surface area contributed by atoms with E-state index in [0.717, 1.165) is 45.7 Å². The molecule has 0 spiro atoms. The van der Waals surface area contributed by atoms with Crippen LogP contribution in [0.2, 0.25) is 5.02 Å². The molecule has 1 saturated carbocycles. The van der Waals surface area contributed by atoms with Crippen LogP contribution >= 0.6 is 22.9 Å². The summed E-state index contributed by atoms with van der Waals surface area (Å²) in [4.78, 5) is 104. The molecular formula is C57H71ClN8O10S. The van der Waals surface area contributed by atoms with Crippen molar-refractivity contribution in [3.8, 4) is 16.2 Å². The summed E-state index contributed by atoms with van der Waals surface area (Å²) in [5, 5.41) is 23.0. The normalized spacial score (nSPS) is 20.3. The number of hydrogen-bond acceptors (Lipinski definition) is 12. The van der Waals surface area contributed by atoms with E-state index in [9.17, 15) is 38.7 Å². The van der Waals surface area contributed by atoms with Crippen molar-refractivity contribution in [1.29, 1.82) is 0 Å². The fourth-order valence-electron chi connectivity index (χ4n) is 10.5. The Balaban J connectivity index is 0.865. The number of aromatic nitrogens is 1. The van der Waals surface area contributed by atoms with Crippen molar-refractivity contribution in [2.75, 3.05) is 18.1 Å². The van der Waals surface area contributed by atoms with Gasteiger partial charge in [0.25, 0.3) is 0 Å². The average Bonchev–Trinajstić information content (AvgIpc) is 3.64. The van der Waals surface area contributed by atoms with Crippen molar-refractivity contribution in [3.63, 3.8) is 0 Å². The first kappa shape index (κ1) is 56.6. The molecule has 8 rings (SSSR count). The molecule has 4 heterocycles. The number of halogens is 1. The van der Waals surface area contributed by atoms with Gasteiger partial charge in [-0.2, -0.15) is 0 Å². The molecule has 0 radical (unpaired) electrons. The molecule has 7 N–H and O–H groups in total. The quantitative estimate of drug-likeness (QED) is 0.0606. The van der Waals surface area contributed by atoms with Gasteiger partial charge in [-0.05, 0) is 112 Å². The number of amides is 7. The number of nitrogens with two attached hydrogens (primary N) is 1. The zero-order chi connectivity index (χ0) is 55.6. The van der Waals surface area contributed by atoms with Crippen molar-refractivity contribution in [2.24, 2.45) is 11.1 Å². The first-order valence-electron chi connectivity index (χ1n) is 26.4. The lowest BCUT2D eigenvalue weighted by Crippen LogP contribution is -2.58. The second-order valence-corrected chi connectivity index (χ2v) is 24.1. The van der Waals surface area contributed by atoms with Gasteiger partial charge in [0.05, 0.1) is 44.5 Å². The maximum absolute atomic E-state index is 14.4. The number of aryl methyl sites for hydroxylation is 3. The van der Waals surface area contributed by atoms with Gasteiger partial charge in [-0.3, -0.25) is 33.7 Å². The predicted molar refractivity (Wildman–Crippen MR) is 292 cm³/mol. The number of thiazole rings is 1. The van der Waals surface area contributed by atoms with Crippen LogP contribution in [0.4, 0.5) is 10.5 Å². The molecule has 4 aromatic rings. The summed E-state index contributed by atoms with van der Waals surface area (Å²) in [5.41, 5.74) is 11.3. The number of primary amides is 1. The highest BCUT2D eigenvalue weighted by Gasteiger charge is 2.50. The number of benzene rings is 3. The third kappa shape index (κ3) is 13.4. The Hall–Kier alpha value is -6.57. The lowest BCUT2D eigenvalue weighted by molar-refractivity contribution is -0.144. The maximum Gasteiger partial charge on any atom is 0.408 e. The Morgan fingerprint density at radius 1 is 0.935 bits per heavy atom. The number of hydrogen-bond donors (Lipinski definition) is 6. The van der Waals surface area contributed by atoms with Crippen LogP contribution in [0.25, 0.3) is 10.4 Å². The molecule has 77 heavy (non-hydrogen) atoms. The fourth-order valence-corrected chi connectivity index (χ4v) is 11.6. The van der Waals surface area contributed by atoms with Crippen LogP contribution < -0.4 is 36.6 Å². The number of nitrogens with one attached hydrogen (secondary N) is 4. The Kier molecular flexibility index (Phi) is 17.0. The van der Waals surface area contributed by atoms with Gasteiger partial charge >= 0.3 is 6.09 Å². The molecule has 0 unspecified atom stereocenters. The van der Waals surface area contributed by atoms with Crippen LogP contribution in [0.5, 0.6) is 5.75 Å². The van der Waals surface area contributed by atoms with Gasteiger partial charge in [-0.15, -0.1) is 11.3 Å². The van der Waals surface area contributed by atoms with Gasteiger partial charge in [-0.25, -0.2) is 9.78 Å². The number of nitrogens with zero attached hydrogens (tertiary/aromatic N) is 3. The van der Waals surface area contributed by atoms with Gasteiger partial charge in [0.1, 0.15) is 42.1 Å². The van der Waals surface area contributed by atoms with Gasteiger partial charge < -0.3 is 46.5 Å². The van der Waals surface area contributed by atoms with Gasteiger partial charge in [-0.1, -0.05) is 87.0 Å². The molecule has 7 amide bonds. The highest BCUT2D eigenvalue weighted by molar-refractivity contribution is 7.13. The Bertz CT molecular complexity index is 2890. The standard InChI is InChI=1S/C57H71ClN8O10S/c1-32-48(77-31-60-32)35-17-20-37(21-18-35)57(25-26-57)64-51(71)41-28-39(67)29-65(41)53(73)49(55(2,3)4)63-45(69)16-10-12-33-11-9-15-43(46(33)58)75-30-38(22-24-44(59)68)61-50(70)42-27-36-14-8-13-34-19-23-40(52(72)66(42)47(34)36)62-54(74)76-56(5,6)7/h8-9,11,13-15,17-18,20-21,31,38-42,49,67H,10,12,16,19,22-30H2,1-7H3,(H2,59,68)(H,61,70)(H,62,74)(H,63,69)(H,64,71)/t38-,39+,40-,41-,42-,49+/m0/s1. The molecule has 1 saturated heterocycles. The zero-order valence-electron chi connectivity index (χ0n) is 44.8. The van der Waals surface area contributed by atoms with Crippen LogP contribution in [0.1, 0.15) is 121 Å². The third-order valence-electron chi connectivity index (χ3n) is 14.7. The summed E-state index contributed by atoms with van der Waals surface area (Å²) in [7, 11) is 0. The SMILES string of the molecule is Cc1ncsc1-c1ccc(C2(NC(=O)[C@@H]3C[C@@H](O)CN3C(=O)[C@@H](NC(=O)CCCc3cccc(OC[C@H](CCC(N)=O)NC(=O)[C@@H]4Cc5cccc6c5N4C(=O)[C@@H](NC(=O)OC(C)(C)C)CC6)c3Cl)C(C)(C)C)CC2)cc1. The molecule has 3 aliphatic heterocycles. The topological polar surface area (TPSA) is 252 Å². The van der Waals surface area contributed by atoms with Crippen molar-refractivity contribution in [1.82, 2.24) is 31.2 Å². The molecule has 1 aromatic heterocycles. The van der Waals surface area contributed by atoms with Crippen molar-refractivity contribution >= 4 is 70.2 Å². The molecule has 412 valence electrons. The van der Waals surface area contributed by atoms with E-state index in [0.29, 0.717) is 47.7 Å². The van der Waals surface area contributed by atoms with E-state index in [2.05, 4.69) is 26.3 Å². The van der Waals surface area contributed by atoms with Gasteiger partial charge in [0.15, 0.2) is 0 Å². The van der Waals surface area contributed by atoms with Crippen molar-refractivity contribution in [3.05, 3.63) is 99.1 Å². The third-order valence-corrected chi connectivity index (χ3v) is 16.1. The summed E-state index contributed by atoms with van der Waals surface area (Å²) in [5.74, 6) is -2.35. The summed E-state index contributed by atoms with van der Waals surface area (Å²) in [6.45, 7) is 12.5. The van der Waals surface area contributed by atoms with Crippen LogP contribution in [0.15, 0.2) is 66.2 Å². The van der Waals surface area contributed by atoms with E-state index in [-0.39, 0.29) is 57.1 Å². The number of β-amino-alcohol motifs (C(OH)–C–C–N with tert-alkyl or cyclic N) is 1. The minimum absolute atomic E-state index is 0.0444. The first-order chi connectivity index (χ1) is 36.4. The van der Waals surface area contributed by atoms with E-state index in [1.165, 1.54) is 9.80 Å². The molecule has 18 nitrogen and oxygen atoms in total. The van der Waals surface area contributed by atoms with Crippen molar-refractivity contribution in [2.45, 2.75) is 167 Å². The minimum Gasteiger partial charge on any atom is -0.490 e. The van der Waals surface area contributed by atoms with Crippen LogP contribution in [-0.4, -0.2) is 112 Å². The number of ether oxygens (including phenoxy) is 2. The van der Waals surface area contributed by atoms with Gasteiger partial charge in [0.2, 0.25) is 35.4 Å². The second-order valence-electron chi connectivity index (χ2n) is 22.9. The number of aliphatic hydroxyl groups excluding tert-OH is 1. The molecule has 2 fully saturated rings. The number of carbonyl (C=O) groups excluding carboxylic acids is 7. The lowest BCUT2D eigenvalue weighted by Gasteiger charge is -2.35. The molecule has 0 bridgehead atoms. The summed E-state index contributed by atoms with van der Waals surface area (Å²) in [6.07, 6.45) is 1.77. The number of alkyl carbamates (subject to hydrolysis) is 1.